The summed E-state index contributed by atoms with van der Waals surface area (Å²) in [6, 6.07) is 9.91. The molecule has 1 saturated heterocycles. The molecule has 1 aliphatic heterocycles. The van der Waals surface area contributed by atoms with Gasteiger partial charge in [0.1, 0.15) is 34.4 Å². The van der Waals surface area contributed by atoms with Crippen LogP contribution < -0.4 is 0 Å². The van der Waals surface area contributed by atoms with Gasteiger partial charge in [0, 0.05) is 43.9 Å². The van der Waals surface area contributed by atoms with Crippen LogP contribution in [0.15, 0.2) is 49.4 Å². The summed E-state index contributed by atoms with van der Waals surface area (Å²) in [5.41, 5.74) is 1.34. The van der Waals surface area contributed by atoms with E-state index in [1.807, 2.05) is 91.9 Å². The Balaban J connectivity index is 1.36. The second-order valence-corrected chi connectivity index (χ2v) is 16.0. The van der Waals surface area contributed by atoms with Gasteiger partial charge in [-0.1, -0.05) is 54.6 Å². The minimum atomic E-state index is -0.813. The molecule has 3 aromatic rings. The fourth-order valence-electron chi connectivity index (χ4n) is 6.84. The first-order valence-electron chi connectivity index (χ1n) is 17.4. The summed E-state index contributed by atoms with van der Waals surface area (Å²) in [7, 11) is 0. The number of rotatable bonds is 11. The van der Waals surface area contributed by atoms with E-state index in [1.165, 1.54) is 6.33 Å². The Labute approximate surface area is 300 Å². The number of carbonyl (C=O) groups is 2. The van der Waals surface area contributed by atoms with Crippen LogP contribution in [0.25, 0.3) is 17.1 Å². The molecule has 1 saturated carbocycles. The molecule has 0 N–H and O–H groups in total. The molecule has 2 amide bonds. The average Bonchev–Trinajstić information content (AvgIpc) is 3.65. The maximum absolute atomic E-state index is 13.8. The zero-order valence-electron chi connectivity index (χ0n) is 30.6. The molecule has 50 heavy (non-hydrogen) atoms. The minimum absolute atomic E-state index is 0.0822. The Morgan fingerprint density at radius 1 is 0.980 bits per heavy atom. The molecule has 2 aromatic heterocycles. The molecule has 3 heterocycles. The van der Waals surface area contributed by atoms with Crippen LogP contribution in [0.4, 0.5) is 9.59 Å². The Morgan fingerprint density at radius 3 is 2.24 bits per heavy atom. The summed E-state index contributed by atoms with van der Waals surface area (Å²) in [5.74, 6) is -0.895. The number of fused-ring (bicyclic) bond motifs is 2. The lowest BCUT2D eigenvalue weighted by Crippen LogP contribution is -2.44. The van der Waals surface area contributed by atoms with Crippen LogP contribution in [0, 0.1) is 5.92 Å². The number of hydrogen-bond acceptors (Lipinski definition) is 8. The van der Waals surface area contributed by atoms with Crippen molar-refractivity contribution in [2.24, 2.45) is 5.92 Å². The van der Waals surface area contributed by atoms with Gasteiger partial charge in [-0.15, -0.1) is 0 Å². The van der Waals surface area contributed by atoms with Crippen molar-refractivity contribution in [3.63, 3.8) is 0 Å². The van der Waals surface area contributed by atoms with E-state index in [0.29, 0.717) is 56.2 Å². The molecule has 4 atom stereocenters. The number of benzene rings is 1. The summed E-state index contributed by atoms with van der Waals surface area (Å²) in [4.78, 5) is 39.3. The average molecular weight is 710 g/mol. The molecular weight excluding hydrogens is 658 g/mol. The predicted octanol–water partition coefficient (Wildman–Crippen LogP) is 7.92. The molecule has 12 heteroatoms. The molecule has 272 valence electrons. The third-order valence-corrected chi connectivity index (χ3v) is 9.14. The fourth-order valence-corrected chi connectivity index (χ4v) is 7.08. The minimum Gasteiger partial charge on any atom is -0.444 e. The monoisotopic (exact) mass is 709 g/mol. The fraction of sp³-hybridized carbons (Fsp3) is 0.579. The molecular formula is C38H52ClN5O6. The Morgan fingerprint density at radius 2 is 1.60 bits per heavy atom. The molecule has 11 nitrogen and oxygen atoms in total. The van der Waals surface area contributed by atoms with E-state index in [4.69, 9.17) is 30.5 Å². The highest BCUT2D eigenvalue weighted by atomic mass is 35.5. The van der Waals surface area contributed by atoms with E-state index < -0.39 is 23.1 Å². The molecule has 5 rings (SSSR count). The van der Waals surface area contributed by atoms with Crippen molar-refractivity contribution >= 4 is 40.9 Å². The Hall–Kier alpha value is -3.67. The lowest BCUT2D eigenvalue weighted by atomic mass is 10.0. The van der Waals surface area contributed by atoms with Crippen LogP contribution >= 0.6 is 11.6 Å². The summed E-state index contributed by atoms with van der Waals surface area (Å²) in [6.45, 7) is 20.6. The first-order valence-corrected chi connectivity index (χ1v) is 17.8. The van der Waals surface area contributed by atoms with Crippen molar-refractivity contribution in [3.05, 3.63) is 65.7 Å². The van der Waals surface area contributed by atoms with Gasteiger partial charge < -0.3 is 33.3 Å². The van der Waals surface area contributed by atoms with Crippen molar-refractivity contribution in [2.75, 3.05) is 26.2 Å². The second-order valence-electron chi connectivity index (χ2n) is 15.7. The molecule has 0 bridgehead atoms. The van der Waals surface area contributed by atoms with Crippen LogP contribution in [0.3, 0.4) is 0 Å². The van der Waals surface area contributed by atoms with Crippen LogP contribution in [-0.2, 0) is 25.4 Å². The quantitative estimate of drug-likeness (QED) is 0.185. The van der Waals surface area contributed by atoms with Gasteiger partial charge in [-0.25, -0.2) is 19.6 Å². The number of ether oxygens (including phenoxy) is 4. The zero-order valence-corrected chi connectivity index (χ0v) is 31.4. The number of carbonyl (C=O) groups excluding carboxylic acids is 2. The Kier molecular flexibility index (Phi) is 11.2. The van der Waals surface area contributed by atoms with Gasteiger partial charge in [-0.3, -0.25) is 0 Å². The van der Waals surface area contributed by atoms with Crippen molar-refractivity contribution < 1.29 is 28.5 Å². The first kappa shape index (κ1) is 37.6. The van der Waals surface area contributed by atoms with E-state index in [1.54, 1.807) is 15.9 Å². The van der Waals surface area contributed by atoms with Crippen molar-refractivity contribution in [3.8, 4) is 0 Å². The van der Waals surface area contributed by atoms with E-state index in [9.17, 15) is 9.59 Å². The lowest BCUT2D eigenvalue weighted by molar-refractivity contribution is -0.160. The molecule has 2 fully saturated rings. The largest absolute Gasteiger partial charge is 0.444 e. The molecule has 0 spiro atoms. The maximum Gasteiger partial charge on any atom is 0.410 e. The van der Waals surface area contributed by atoms with Crippen LogP contribution in [0.1, 0.15) is 85.4 Å². The van der Waals surface area contributed by atoms with Crippen LogP contribution in [0.2, 0.25) is 5.15 Å². The Bertz CT molecular complexity index is 1660. The highest BCUT2D eigenvalue weighted by Crippen LogP contribution is 2.48. The summed E-state index contributed by atoms with van der Waals surface area (Å²) in [6.07, 6.45) is 5.70. The number of halogens is 1. The number of nitrogens with zero attached hydrogens (tertiary/aromatic N) is 5. The normalized spacial score (nSPS) is 21.5. The van der Waals surface area contributed by atoms with E-state index in [0.717, 1.165) is 16.5 Å². The van der Waals surface area contributed by atoms with E-state index in [-0.39, 0.29) is 30.3 Å². The van der Waals surface area contributed by atoms with E-state index >= 15 is 0 Å². The third-order valence-electron chi connectivity index (χ3n) is 8.85. The maximum atomic E-state index is 13.8. The molecule has 0 radical (unpaired) electrons. The smallest absolute Gasteiger partial charge is 0.410 e. The molecule has 1 aliphatic carbocycles. The van der Waals surface area contributed by atoms with Crippen LogP contribution in [0.5, 0.6) is 0 Å². The predicted molar refractivity (Wildman–Crippen MR) is 194 cm³/mol. The van der Waals surface area contributed by atoms with E-state index in [2.05, 4.69) is 21.1 Å². The van der Waals surface area contributed by atoms with Crippen molar-refractivity contribution in [1.29, 1.82) is 0 Å². The summed E-state index contributed by atoms with van der Waals surface area (Å²) in [5, 5.41) is 1.10. The van der Waals surface area contributed by atoms with Gasteiger partial charge in [0.05, 0.1) is 17.5 Å². The van der Waals surface area contributed by atoms with Crippen molar-refractivity contribution in [2.45, 2.75) is 110 Å². The summed E-state index contributed by atoms with van der Waals surface area (Å²) >= 11 is 6.52. The highest BCUT2D eigenvalue weighted by molar-refractivity contribution is 6.34. The number of hydrogen-bond donors (Lipinski definition) is 0. The third kappa shape index (κ3) is 9.16. The van der Waals surface area contributed by atoms with Gasteiger partial charge in [0.15, 0.2) is 5.79 Å². The highest BCUT2D eigenvalue weighted by Gasteiger charge is 2.55. The van der Waals surface area contributed by atoms with Crippen molar-refractivity contribution in [1.82, 2.24) is 24.3 Å². The second kappa shape index (κ2) is 14.9. The topological polar surface area (TPSA) is 108 Å². The standard InChI is InChI=1S/C38H52ClN5O6/c1-10-26-23-44(33-29(26)32(39)40-24-41-33)28-21-27(30-31(28)48-38(8,9)47-30)22-43(35(46)50-37(5,6)7)19-14-18-42(34(45)49-36(2,3)4)20-17-25-15-12-11-13-16-25/h10-13,15-16,23-24,27-28,30-31H,1,14,17-22H2,2-9H3/t27-,28-,30-,31+/m1/s1. The number of aromatic nitrogens is 3. The molecule has 0 unspecified atom stereocenters. The first-order chi connectivity index (χ1) is 23.4. The van der Waals surface area contributed by atoms with Gasteiger partial charge in [-0.2, -0.15) is 0 Å². The SMILES string of the molecule is C=Cc1cn([C@@H]2C[C@H](CN(CCCN(CCc3ccccc3)C(=O)OC(C)(C)C)C(=O)OC(C)(C)C)[C@H]3OC(C)(C)O[C@H]32)c2ncnc(Cl)c12. The molecule has 2 aliphatic rings. The lowest BCUT2D eigenvalue weighted by Gasteiger charge is -2.32. The van der Waals surface area contributed by atoms with Crippen LogP contribution in [-0.4, -0.2) is 91.9 Å². The van der Waals surface area contributed by atoms with Gasteiger partial charge >= 0.3 is 12.2 Å². The molecule has 1 aromatic carbocycles. The zero-order chi connectivity index (χ0) is 36.4. The number of amides is 2. The summed E-state index contributed by atoms with van der Waals surface area (Å²) < 4.78 is 26.8. The van der Waals surface area contributed by atoms with Gasteiger partial charge in [0.25, 0.3) is 0 Å². The van der Waals surface area contributed by atoms with Gasteiger partial charge in [-0.05, 0) is 80.2 Å². The van der Waals surface area contributed by atoms with Gasteiger partial charge in [0.2, 0.25) is 0 Å².